The smallest absolute Gasteiger partial charge is 0.205 e. The predicted molar refractivity (Wildman–Crippen MR) is 58.6 cm³/mol. The third-order valence-corrected chi connectivity index (χ3v) is 1.78. The molecule has 0 radical (unpaired) electrons. The van der Waals surface area contributed by atoms with Crippen molar-refractivity contribution in [2.45, 2.75) is 20.5 Å². The minimum Gasteiger partial charge on any atom is -0.475 e. The quantitative estimate of drug-likeness (QED) is 0.409. The number of rotatable bonds is 3. The van der Waals surface area contributed by atoms with Gasteiger partial charge in [-0.1, -0.05) is 29.8 Å². The summed E-state index contributed by atoms with van der Waals surface area (Å²) in [5.74, 6) is 0.528. The number of benzene rings is 1. The highest BCUT2D eigenvalue weighted by Gasteiger charge is 1.94. The van der Waals surface area contributed by atoms with E-state index in [-0.39, 0.29) is 0 Å². The van der Waals surface area contributed by atoms with Gasteiger partial charge in [0.25, 0.3) is 0 Å². The van der Waals surface area contributed by atoms with Crippen LogP contribution in [0.15, 0.2) is 34.5 Å². The van der Waals surface area contributed by atoms with Crippen molar-refractivity contribution in [3.63, 3.8) is 0 Å². The number of nitrogens with zero attached hydrogens (tertiary/aromatic N) is 2. The molecule has 0 aliphatic carbocycles. The summed E-state index contributed by atoms with van der Waals surface area (Å²) in [5.41, 5.74) is 2.36. The highest BCUT2D eigenvalue weighted by atomic mass is 16.5. The molecule has 3 heteroatoms. The van der Waals surface area contributed by atoms with Crippen molar-refractivity contribution in [1.29, 1.82) is 0 Å². The Hall–Kier alpha value is -1.64. The summed E-state index contributed by atoms with van der Waals surface area (Å²) < 4.78 is 5.32. The second-order valence-corrected chi connectivity index (χ2v) is 3.03. The first kappa shape index (κ1) is 10.4. The summed E-state index contributed by atoms with van der Waals surface area (Å²) >= 11 is 0. The molecule has 0 fully saturated rings. The SMILES string of the molecule is C=N/N=C(/C)OCc1ccc(C)cc1. The van der Waals surface area contributed by atoms with E-state index >= 15 is 0 Å². The lowest BCUT2D eigenvalue weighted by atomic mass is 10.2. The first-order valence-corrected chi connectivity index (χ1v) is 4.41. The molecule has 1 aromatic rings. The van der Waals surface area contributed by atoms with Gasteiger partial charge in [0.15, 0.2) is 0 Å². The zero-order chi connectivity index (χ0) is 10.4. The number of hydrogen-bond acceptors (Lipinski definition) is 3. The third kappa shape index (κ3) is 3.39. The van der Waals surface area contributed by atoms with Gasteiger partial charge in [0, 0.05) is 13.6 Å². The molecule has 0 aliphatic heterocycles. The minimum atomic E-state index is 0.519. The number of hydrogen-bond donors (Lipinski definition) is 0. The van der Waals surface area contributed by atoms with Crippen LogP contribution in [0.5, 0.6) is 0 Å². The summed E-state index contributed by atoms with van der Waals surface area (Å²) in [6, 6.07) is 8.17. The van der Waals surface area contributed by atoms with Crippen LogP contribution in [0.2, 0.25) is 0 Å². The van der Waals surface area contributed by atoms with Crippen molar-refractivity contribution in [2.24, 2.45) is 10.2 Å². The van der Waals surface area contributed by atoms with Crippen LogP contribution >= 0.6 is 0 Å². The molecule has 0 atom stereocenters. The molecule has 1 rings (SSSR count). The van der Waals surface area contributed by atoms with E-state index < -0.39 is 0 Å². The molecule has 74 valence electrons. The molecule has 0 amide bonds. The molecule has 0 saturated carbocycles. The normalized spacial score (nSPS) is 11.1. The molecule has 0 bridgehead atoms. The highest BCUT2D eigenvalue weighted by molar-refractivity contribution is 5.73. The molecule has 0 saturated heterocycles. The first-order valence-electron chi connectivity index (χ1n) is 4.41. The second-order valence-electron chi connectivity index (χ2n) is 3.03. The van der Waals surface area contributed by atoms with Crippen LogP contribution in [0.1, 0.15) is 18.1 Å². The Balaban J connectivity index is 2.49. The Labute approximate surface area is 84.1 Å². The van der Waals surface area contributed by atoms with Gasteiger partial charge in [-0.2, -0.15) is 5.10 Å². The van der Waals surface area contributed by atoms with Crippen LogP contribution in [-0.2, 0) is 11.3 Å². The summed E-state index contributed by atoms with van der Waals surface area (Å²) in [4.78, 5) is 0. The molecular weight excluding hydrogens is 176 g/mol. The fourth-order valence-corrected chi connectivity index (χ4v) is 1.00. The molecule has 14 heavy (non-hydrogen) atoms. The van der Waals surface area contributed by atoms with E-state index in [1.807, 2.05) is 12.1 Å². The molecule has 0 heterocycles. The lowest BCUT2D eigenvalue weighted by Crippen LogP contribution is -1.99. The summed E-state index contributed by atoms with van der Waals surface area (Å²) in [6.45, 7) is 7.58. The monoisotopic (exact) mass is 190 g/mol. The summed E-state index contributed by atoms with van der Waals surface area (Å²) in [5, 5.41) is 7.04. The Morgan fingerprint density at radius 1 is 1.36 bits per heavy atom. The van der Waals surface area contributed by atoms with E-state index in [0.717, 1.165) is 5.56 Å². The van der Waals surface area contributed by atoms with Gasteiger partial charge in [0.1, 0.15) is 6.61 Å². The second kappa shape index (κ2) is 5.17. The van der Waals surface area contributed by atoms with Crippen molar-refractivity contribution >= 4 is 12.6 Å². The zero-order valence-corrected chi connectivity index (χ0v) is 8.53. The zero-order valence-electron chi connectivity index (χ0n) is 8.53. The van der Waals surface area contributed by atoms with Gasteiger partial charge < -0.3 is 4.74 Å². The van der Waals surface area contributed by atoms with E-state index in [9.17, 15) is 0 Å². The lowest BCUT2D eigenvalue weighted by molar-refractivity contribution is 0.289. The summed E-state index contributed by atoms with van der Waals surface area (Å²) in [6.07, 6.45) is 0. The maximum absolute atomic E-state index is 5.32. The van der Waals surface area contributed by atoms with Crippen molar-refractivity contribution in [2.75, 3.05) is 0 Å². The van der Waals surface area contributed by atoms with Gasteiger partial charge >= 0.3 is 0 Å². The summed E-state index contributed by atoms with van der Waals surface area (Å²) in [7, 11) is 0. The van der Waals surface area contributed by atoms with E-state index in [0.29, 0.717) is 12.5 Å². The van der Waals surface area contributed by atoms with Gasteiger partial charge in [-0.25, -0.2) is 0 Å². The van der Waals surface area contributed by atoms with E-state index in [1.54, 1.807) is 6.92 Å². The number of aryl methyl sites for hydroxylation is 1. The predicted octanol–water partition coefficient (Wildman–Crippen LogP) is 2.55. The average Bonchev–Trinajstić information content (AvgIpc) is 2.17. The Kier molecular flexibility index (Phi) is 3.85. The van der Waals surface area contributed by atoms with Crippen LogP contribution in [0.25, 0.3) is 0 Å². The minimum absolute atomic E-state index is 0.519. The van der Waals surface area contributed by atoms with Crippen LogP contribution in [0.3, 0.4) is 0 Å². The van der Waals surface area contributed by atoms with Gasteiger partial charge in [0.2, 0.25) is 5.90 Å². The third-order valence-electron chi connectivity index (χ3n) is 1.78. The first-order chi connectivity index (χ1) is 6.72. The van der Waals surface area contributed by atoms with Gasteiger partial charge in [-0.15, -0.1) is 5.10 Å². The van der Waals surface area contributed by atoms with Gasteiger partial charge in [-0.3, -0.25) is 0 Å². The van der Waals surface area contributed by atoms with Crippen molar-refractivity contribution in [1.82, 2.24) is 0 Å². The average molecular weight is 190 g/mol. The molecular formula is C11H14N2O. The van der Waals surface area contributed by atoms with Crippen LogP contribution < -0.4 is 0 Å². The van der Waals surface area contributed by atoms with E-state index in [2.05, 4.69) is 36.0 Å². The topological polar surface area (TPSA) is 34.0 Å². The fourth-order valence-electron chi connectivity index (χ4n) is 1.00. The largest absolute Gasteiger partial charge is 0.475 e. The fraction of sp³-hybridized carbons (Fsp3) is 0.273. The highest BCUT2D eigenvalue weighted by Crippen LogP contribution is 2.04. The maximum Gasteiger partial charge on any atom is 0.205 e. The van der Waals surface area contributed by atoms with Gasteiger partial charge in [-0.05, 0) is 12.5 Å². The van der Waals surface area contributed by atoms with Crippen LogP contribution in [-0.4, -0.2) is 12.6 Å². The van der Waals surface area contributed by atoms with Gasteiger partial charge in [0.05, 0.1) is 0 Å². The molecule has 0 aliphatic rings. The Morgan fingerprint density at radius 3 is 2.57 bits per heavy atom. The van der Waals surface area contributed by atoms with Crippen molar-refractivity contribution < 1.29 is 4.74 Å². The molecule has 0 spiro atoms. The van der Waals surface area contributed by atoms with Crippen molar-refractivity contribution in [3.05, 3.63) is 35.4 Å². The van der Waals surface area contributed by atoms with Crippen molar-refractivity contribution in [3.8, 4) is 0 Å². The molecule has 3 nitrogen and oxygen atoms in total. The Bertz CT molecular complexity index is 328. The van der Waals surface area contributed by atoms with E-state index in [1.165, 1.54) is 5.56 Å². The Morgan fingerprint density at radius 2 is 2.00 bits per heavy atom. The molecule has 0 unspecified atom stereocenters. The standard InChI is InChI=1S/C11H14N2O/c1-9-4-6-11(7-5-9)8-14-10(2)13-12-3/h4-7H,3,8H2,1-2H3/b13-10-. The van der Waals surface area contributed by atoms with Crippen LogP contribution in [0.4, 0.5) is 0 Å². The van der Waals surface area contributed by atoms with Crippen LogP contribution in [0, 0.1) is 6.92 Å². The molecule has 0 aromatic heterocycles. The van der Waals surface area contributed by atoms with E-state index in [4.69, 9.17) is 4.74 Å². The number of ether oxygens (including phenoxy) is 1. The molecule has 0 N–H and O–H groups in total. The molecule has 1 aromatic carbocycles. The maximum atomic E-state index is 5.32. The lowest BCUT2D eigenvalue weighted by Gasteiger charge is -2.04.